The van der Waals surface area contributed by atoms with Crippen molar-refractivity contribution in [2.24, 2.45) is 11.7 Å². The van der Waals surface area contributed by atoms with Crippen LogP contribution in [0, 0.1) is 12.8 Å². The summed E-state index contributed by atoms with van der Waals surface area (Å²) in [6.07, 6.45) is 3.84. The smallest absolute Gasteiger partial charge is 0.0233 e. The molecule has 94 valence electrons. The summed E-state index contributed by atoms with van der Waals surface area (Å²) in [6.45, 7) is 6.63. The van der Waals surface area contributed by atoms with Crippen LogP contribution in [-0.2, 0) is 6.54 Å². The third kappa shape index (κ3) is 3.83. The Hall–Kier alpha value is -0.860. The van der Waals surface area contributed by atoms with Crippen molar-refractivity contribution in [3.8, 4) is 0 Å². The van der Waals surface area contributed by atoms with Gasteiger partial charge in [-0.2, -0.15) is 0 Å². The van der Waals surface area contributed by atoms with E-state index < -0.39 is 0 Å². The molecular weight excluding hydrogens is 208 g/mol. The van der Waals surface area contributed by atoms with E-state index in [0.717, 1.165) is 19.0 Å². The number of nitrogens with two attached hydrogens (primary N) is 1. The van der Waals surface area contributed by atoms with E-state index in [4.69, 9.17) is 5.73 Å². The molecule has 0 bridgehead atoms. The number of aryl methyl sites for hydroxylation is 1. The molecule has 0 saturated carbocycles. The first-order chi connectivity index (χ1) is 8.28. The van der Waals surface area contributed by atoms with Crippen LogP contribution in [0.2, 0.25) is 0 Å². The number of rotatable bonds is 5. The van der Waals surface area contributed by atoms with Gasteiger partial charge in [-0.05, 0) is 50.8 Å². The summed E-state index contributed by atoms with van der Waals surface area (Å²) in [5.74, 6) is 0.878. The standard InChI is InChI=1S/C15H24N2/c1-13-4-2-5-15(10-13)12-17-9-7-14(11-17)6-3-8-16/h2,4-5,10,14H,3,6-9,11-12,16H2,1H3. The van der Waals surface area contributed by atoms with Gasteiger partial charge in [-0.25, -0.2) is 0 Å². The number of nitrogens with zero attached hydrogens (tertiary/aromatic N) is 1. The molecule has 0 radical (unpaired) electrons. The number of hydrogen-bond acceptors (Lipinski definition) is 2. The fourth-order valence-electron chi connectivity index (χ4n) is 2.77. The van der Waals surface area contributed by atoms with Crippen molar-refractivity contribution in [2.75, 3.05) is 19.6 Å². The molecule has 2 heteroatoms. The molecule has 0 spiro atoms. The van der Waals surface area contributed by atoms with Crippen molar-refractivity contribution in [1.29, 1.82) is 0 Å². The summed E-state index contributed by atoms with van der Waals surface area (Å²) in [5, 5.41) is 0. The topological polar surface area (TPSA) is 29.3 Å². The van der Waals surface area contributed by atoms with E-state index in [1.807, 2.05) is 0 Å². The first-order valence-corrected chi connectivity index (χ1v) is 6.76. The second kappa shape index (κ2) is 6.18. The lowest BCUT2D eigenvalue weighted by Crippen LogP contribution is -2.20. The molecule has 0 aromatic heterocycles. The zero-order valence-electron chi connectivity index (χ0n) is 10.9. The van der Waals surface area contributed by atoms with Gasteiger partial charge >= 0.3 is 0 Å². The minimum Gasteiger partial charge on any atom is -0.330 e. The Morgan fingerprint density at radius 1 is 1.41 bits per heavy atom. The third-order valence-electron chi connectivity index (χ3n) is 3.68. The quantitative estimate of drug-likeness (QED) is 0.845. The molecule has 1 aromatic rings. The maximum absolute atomic E-state index is 5.57. The van der Waals surface area contributed by atoms with Crippen molar-refractivity contribution >= 4 is 0 Å². The highest BCUT2D eigenvalue weighted by molar-refractivity contribution is 5.22. The number of likely N-dealkylation sites (tertiary alicyclic amines) is 1. The van der Waals surface area contributed by atoms with Gasteiger partial charge in [0.05, 0.1) is 0 Å². The van der Waals surface area contributed by atoms with Gasteiger partial charge in [-0.15, -0.1) is 0 Å². The van der Waals surface area contributed by atoms with Gasteiger partial charge in [0, 0.05) is 13.1 Å². The molecule has 1 aromatic carbocycles. The van der Waals surface area contributed by atoms with Crippen LogP contribution in [-0.4, -0.2) is 24.5 Å². The zero-order valence-corrected chi connectivity index (χ0v) is 10.9. The fourth-order valence-corrected chi connectivity index (χ4v) is 2.77. The molecule has 17 heavy (non-hydrogen) atoms. The molecule has 2 N–H and O–H groups in total. The monoisotopic (exact) mass is 232 g/mol. The van der Waals surface area contributed by atoms with Gasteiger partial charge in [-0.1, -0.05) is 29.8 Å². The van der Waals surface area contributed by atoms with Crippen LogP contribution in [0.3, 0.4) is 0 Å². The summed E-state index contributed by atoms with van der Waals surface area (Å²) in [6, 6.07) is 8.86. The Morgan fingerprint density at radius 2 is 2.29 bits per heavy atom. The van der Waals surface area contributed by atoms with E-state index in [2.05, 4.69) is 36.1 Å². The summed E-state index contributed by atoms with van der Waals surface area (Å²) < 4.78 is 0. The van der Waals surface area contributed by atoms with Crippen molar-refractivity contribution in [3.05, 3.63) is 35.4 Å². The average molecular weight is 232 g/mol. The second-order valence-electron chi connectivity index (χ2n) is 5.31. The van der Waals surface area contributed by atoms with E-state index in [9.17, 15) is 0 Å². The Kier molecular flexibility index (Phi) is 4.57. The normalized spacial score (nSPS) is 20.9. The van der Waals surface area contributed by atoms with Crippen molar-refractivity contribution in [2.45, 2.75) is 32.7 Å². The molecule has 0 aliphatic carbocycles. The molecule has 2 nitrogen and oxygen atoms in total. The molecule has 1 unspecified atom stereocenters. The van der Waals surface area contributed by atoms with Gasteiger partial charge < -0.3 is 5.73 Å². The van der Waals surface area contributed by atoms with Crippen LogP contribution in [0.5, 0.6) is 0 Å². The van der Waals surface area contributed by atoms with Crippen LogP contribution in [0.25, 0.3) is 0 Å². The lowest BCUT2D eigenvalue weighted by Gasteiger charge is -2.16. The minimum absolute atomic E-state index is 0.842. The summed E-state index contributed by atoms with van der Waals surface area (Å²) in [5.41, 5.74) is 8.38. The van der Waals surface area contributed by atoms with Crippen molar-refractivity contribution < 1.29 is 0 Å². The van der Waals surface area contributed by atoms with Gasteiger partial charge in [-0.3, -0.25) is 4.90 Å². The highest BCUT2D eigenvalue weighted by atomic mass is 15.1. The van der Waals surface area contributed by atoms with Crippen LogP contribution in [0.15, 0.2) is 24.3 Å². The number of hydrogen-bond donors (Lipinski definition) is 1. The summed E-state index contributed by atoms with van der Waals surface area (Å²) in [4.78, 5) is 2.58. The zero-order chi connectivity index (χ0) is 12.1. The highest BCUT2D eigenvalue weighted by Crippen LogP contribution is 2.22. The molecule has 2 rings (SSSR count). The van der Waals surface area contributed by atoms with Crippen LogP contribution >= 0.6 is 0 Å². The van der Waals surface area contributed by atoms with E-state index in [1.165, 1.54) is 43.5 Å². The first-order valence-electron chi connectivity index (χ1n) is 6.76. The molecular formula is C15H24N2. The Bertz CT molecular complexity index is 349. The van der Waals surface area contributed by atoms with E-state index in [0.29, 0.717) is 0 Å². The van der Waals surface area contributed by atoms with Crippen molar-refractivity contribution in [3.63, 3.8) is 0 Å². The molecule has 1 aliphatic heterocycles. The minimum atomic E-state index is 0.842. The molecule has 1 heterocycles. The Labute approximate surface area is 105 Å². The predicted molar refractivity (Wildman–Crippen MR) is 72.9 cm³/mol. The molecule has 1 fully saturated rings. The van der Waals surface area contributed by atoms with E-state index >= 15 is 0 Å². The Balaban J connectivity index is 1.81. The van der Waals surface area contributed by atoms with Crippen LogP contribution < -0.4 is 5.73 Å². The fraction of sp³-hybridized carbons (Fsp3) is 0.600. The second-order valence-corrected chi connectivity index (χ2v) is 5.31. The van der Waals surface area contributed by atoms with E-state index in [1.54, 1.807) is 0 Å². The lowest BCUT2D eigenvalue weighted by molar-refractivity contribution is 0.312. The Morgan fingerprint density at radius 3 is 3.06 bits per heavy atom. The molecule has 1 aliphatic rings. The van der Waals surface area contributed by atoms with Crippen LogP contribution in [0.4, 0.5) is 0 Å². The summed E-state index contributed by atoms with van der Waals surface area (Å²) >= 11 is 0. The van der Waals surface area contributed by atoms with Crippen molar-refractivity contribution in [1.82, 2.24) is 4.90 Å². The van der Waals surface area contributed by atoms with Gasteiger partial charge in [0.2, 0.25) is 0 Å². The molecule has 1 saturated heterocycles. The van der Waals surface area contributed by atoms with Crippen LogP contribution in [0.1, 0.15) is 30.4 Å². The van der Waals surface area contributed by atoms with E-state index in [-0.39, 0.29) is 0 Å². The van der Waals surface area contributed by atoms with Gasteiger partial charge in [0.15, 0.2) is 0 Å². The number of benzene rings is 1. The largest absolute Gasteiger partial charge is 0.330 e. The maximum Gasteiger partial charge on any atom is 0.0233 e. The lowest BCUT2D eigenvalue weighted by atomic mass is 10.0. The highest BCUT2D eigenvalue weighted by Gasteiger charge is 2.21. The maximum atomic E-state index is 5.57. The summed E-state index contributed by atoms with van der Waals surface area (Å²) in [7, 11) is 0. The van der Waals surface area contributed by atoms with Gasteiger partial charge in [0.25, 0.3) is 0 Å². The molecule has 1 atom stereocenters. The average Bonchev–Trinajstić information content (AvgIpc) is 2.74. The predicted octanol–water partition coefficient (Wildman–Crippen LogP) is 2.56. The third-order valence-corrected chi connectivity index (χ3v) is 3.68. The van der Waals surface area contributed by atoms with Gasteiger partial charge in [0.1, 0.15) is 0 Å². The SMILES string of the molecule is Cc1cccc(CN2CCC(CCCN)C2)c1. The molecule has 0 amide bonds. The first kappa shape index (κ1) is 12.6.